The highest BCUT2D eigenvalue weighted by Crippen LogP contribution is 2.31. The lowest BCUT2D eigenvalue weighted by Crippen LogP contribution is -2.27. The number of amides is 2. The summed E-state index contributed by atoms with van der Waals surface area (Å²) in [5, 5.41) is 13.9. The van der Waals surface area contributed by atoms with Crippen LogP contribution in [-0.4, -0.2) is 41.8 Å². The van der Waals surface area contributed by atoms with Crippen LogP contribution in [0.1, 0.15) is 18.4 Å². The third-order valence-electron chi connectivity index (χ3n) is 5.26. The molecule has 8 nitrogen and oxygen atoms in total. The van der Waals surface area contributed by atoms with Gasteiger partial charge in [0.2, 0.25) is 0 Å². The van der Waals surface area contributed by atoms with Gasteiger partial charge in [-0.05, 0) is 54.8 Å². The number of hydrogen-bond donors (Lipinski definition) is 1. The summed E-state index contributed by atoms with van der Waals surface area (Å²) in [6.07, 6.45) is 2.38. The van der Waals surface area contributed by atoms with Crippen LogP contribution in [0.25, 0.3) is 5.57 Å². The molecule has 2 aliphatic rings. The molecule has 0 unspecified atom stereocenters. The zero-order valence-electron chi connectivity index (χ0n) is 15.9. The van der Waals surface area contributed by atoms with Gasteiger partial charge in [-0.25, -0.2) is 0 Å². The molecule has 0 saturated carbocycles. The molecule has 148 valence electrons. The molecule has 2 aromatic rings. The molecular weight excluding hydrogens is 372 g/mol. The van der Waals surface area contributed by atoms with Crippen molar-refractivity contribution in [2.45, 2.75) is 12.8 Å². The fraction of sp³-hybridized carbons (Fsp3) is 0.238. The molecule has 4 rings (SSSR count). The first-order valence-corrected chi connectivity index (χ1v) is 9.39. The molecule has 2 heterocycles. The second-order valence-electron chi connectivity index (χ2n) is 7.09. The highest BCUT2D eigenvalue weighted by atomic mass is 16.6. The lowest BCUT2D eigenvalue weighted by molar-refractivity contribution is -0.384. The van der Waals surface area contributed by atoms with Crippen molar-refractivity contribution in [3.05, 3.63) is 69.9 Å². The van der Waals surface area contributed by atoms with Crippen LogP contribution in [0.2, 0.25) is 0 Å². The van der Waals surface area contributed by atoms with Crippen LogP contribution < -0.4 is 10.2 Å². The summed E-state index contributed by atoms with van der Waals surface area (Å²) in [6.45, 7) is 2.08. The lowest BCUT2D eigenvalue weighted by atomic mass is 10.0. The van der Waals surface area contributed by atoms with Gasteiger partial charge in [-0.15, -0.1) is 0 Å². The average molecular weight is 392 g/mol. The maximum atomic E-state index is 12.6. The molecule has 1 fully saturated rings. The zero-order valence-corrected chi connectivity index (χ0v) is 15.9. The van der Waals surface area contributed by atoms with E-state index in [1.807, 2.05) is 24.3 Å². The van der Waals surface area contributed by atoms with Crippen molar-refractivity contribution in [2.24, 2.45) is 0 Å². The molecule has 0 aromatic heterocycles. The molecule has 8 heteroatoms. The molecule has 0 bridgehead atoms. The standard InChI is InChI=1S/C21H20N4O4/c1-23-20(26)18(14-4-8-17(9-5-14)25(28)29)19(21(23)27)22-15-6-10-16(11-7-15)24-12-2-3-13-24/h4-11,22H,2-3,12-13H2,1H3. The Morgan fingerprint density at radius 3 is 2.14 bits per heavy atom. The summed E-state index contributed by atoms with van der Waals surface area (Å²) in [5.41, 5.74) is 2.57. The van der Waals surface area contributed by atoms with E-state index >= 15 is 0 Å². The highest BCUT2D eigenvalue weighted by molar-refractivity contribution is 6.36. The Kier molecular flexibility index (Phi) is 4.75. The number of benzene rings is 2. The largest absolute Gasteiger partial charge is 0.372 e. The van der Waals surface area contributed by atoms with Gasteiger partial charge < -0.3 is 10.2 Å². The Morgan fingerprint density at radius 2 is 1.55 bits per heavy atom. The van der Waals surface area contributed by atoms with E-state index in [2.05, 4.69) is 10.2 Å². The van der Waals surface area contributed by atoms with Crippen molar-refractivity contribution in [2.75, 3.05) is 30.4 Å². The van der Waals surface area contributed by atoms with Crippen molar-refractivity contribution in [1.29, 1.82) is 0 Å². The highest BCUT2D eigenvalue weighted by Gasteiger charge is 2.37. The smallest absolute Gasteiger partial charge is 0.277 e. The predicted molar refractivity (Wildman–Crippen MR) is 109 cm³/mol. The maximum absolute atomic E-state index is 12.6. The molecule has 1 N–H and O–H groups in total. The molecule has 2 amide bonds. The van der Waals surface area contributed by atoms with Crippen LogP contribution in [-0.2, 0) is 9.59 Å². The Labute approximate surface area is 167 Å². The minimum atomic E-state index is -0.507. The van der Waals surface area contributed by atoms with Gasteiger partial charge in [0.05, 0.1) is 10.5 Å². The molecule has 1 saturated heterocycles. The van der Waals surface area contributed by atoms with Gasteiger partial charge in [-0.2, -0.15) is 0 Å². The molecular formula is C21H20N4O4. The third kappa shape index (κ3) is 3.44. The van der Waals surface area contributed by atoms with Gasteiger partial charge in [0.15, 0.2) is 0 Å². The first-order chi connectivity index (χ1) is 14.0. The number of rotatable bonds is 5. The van der Waals surface area contributed by atoms with Crippen molar-refractivity contribution >= 4 is 34.4 Å². The van der Waals surface area contributed by atoms with E-state index < -0.39 is 16.7 Å². The van der Waals surface area contributed by atoms with Gasteiger partial charge in [0, 0.05) is 43.6 Å². The number of non-ortho nitro benzene ring substituents is 1. The van der Waals surface area contributed by atoms with Gasteiger partial charge >= 0.3 is 0 Å². The topological polar surface area (TPSA) is 95.8 Å². The van der Waals surface area contributed by atoms with Gasteiger partial charge in [-0.1, -0.05) is 0 Å². The fourth-order valence-electron chi connectivity index (χ4n) is 3.65. The summed E-state index contributed by atoms with van der Waals surface area (Å²) in [4.78, 5) is 39.0. The maximum Gasteiger partial charge on any atom is 0.277 e. The van der Waals surface area contributed by atoms with Crippen molar-refractivity contribution in [1.82, 2.24) is 4.90 Å². The number of anilines is 2. The van der Waals surface area contributed by atoms with Crippen molar-refractivity contribution in [3.8, 4) is 0 Å². The fourth-order valence-corrected chi connectivity index (χ4v) is 3.65. The van der Waals surface area contributed by atoms with E-state index in [1.165, 1.54) is 44.2 Å². The van der Waals surface area contributed by atoms with Crippen molar-refractivity contribution < 1.29 is 14.5 Å². The van der Waals surface area contributed by atoms with Gasteiger partial charge in [-0.3, -0.25) is 24.6 Å². The van der Waals surface area contributed by atoms with Crippen LogP contribution in [0.15, 0.2) is 54.2 Å². The molecule has 2 aliphatic heterocycles. The molecule has 0 radical (unpaired) electrons. The first-order valence-electron chi connectivity index (χ1n) is 9.39. The molecule has 0 spiro atoms. The van der Waals surface area contributed by atoms with Crippen LogP contribution in [0, 0.1) is 10.1 Å². The van der Waals surface area contributed by atoms with Gasteiger partial charge in [0.1, 0.15) is 5.70 Å². The lowest BCUT2D eigenvalue weighted by Gasteiger charge is -2.18. The quantitative estimate of drug-likeness (QED) is 0.477. The molecule has 0 aliphatic carbocycles. The molecule has 2 aromatic carbocycles. The number of carbonyl (C=O) groups excluding carboxylic acids is 2. The summed E-state index contributed by atoms with van der Waals surface area (Å²) in [5.74, 6) is -0.882. The van der Waals surface area contributed by atoms with E-state index in [9.17, 15) is 19.7 Å². The Balaban J connectivity index is 1.65. The second-order valence-corrected chi connectivity index (χ2v) is 7.09. The SMILES string of the molecule is CN1C(=O)C(Nc2ccc(N3CCCC3)cc2)=C(c2ccc([N+](=O)[O-])cc2)C1=O. The number of likely N-dealkylation sites (N-methyl/N-ethyl adjacent to an activating group) is 1. The third-order valence-corrected chi connectivity index (χ3v) is 5.26. The Bertz CT molecular complexity index is 1010. The predicted octanol–water partition coefficient (Wildman–Crippen LogP) is 3.02. The van der Waals surface area contributed by atoms with E-state index in [4.69, 9.17) is 0 Å². The number of hydrogen-bond acceptors (Lipinski definition) is 6. The summed E-state index contributed by atoms with van der Waals surface area (Å²) in [6, 6.07) is 13.3. The minimum Gasteiger partial charge on any atom is -0.372 e. The number of carbonyl (C=O) groups is 2. The van der Waals surface area contributed by atoms with Crippen LogP contribution >= 0.6 is 0 Å². The minimum absolute atomic E-state index is 0.0773. The molecule has 0 atom stereocenters. The van der Waals surface area contributed by atoms with Crippen molar-refractivity contribution in [3.63, 3.8) is 0 Å². The number of nitro groups is 1. The monoisotopic (exact) mass is 392 g/mol. The Hall–Kier alpha value is -3.68. The summed E-state index contributed by atoms with van der Waals surface area (Å²) in [7, 11) is 1.42. The van der Waals surface area contributed by atoms with E-state index in [-0.39, 0.29) is 17.0 Å². The summed E-state index contributed by atoms with van der Waals surface area (Å²) < 4.78 is 0. The average Bonchev–Trinajstić information content (AvgIpc) is 3.33. The number of nitrogens with zero attached hydrogens (tertiary/aromatic N) is 3. The second kappa shape index (κ2) is 7.38. The van der Waals surface area contributed by atoms with Gasteiger partial charge in [0.25, 0.3) is 17.5 Å². The number of nitro benzene ring substituents is 1. The number of imide groups is 1. The van der Waals surface area contributed by atoms with E-state index in [1.54, 1.807) is 0 Å². The van der Waals surface area contributed by atoms with Crippen LogP contribution in [0.5, 0.6) is 0 Å². The summed E-state index contributed by atoms with van der Waals surface area (Å²) >= 11 is 0. The van der Waals surface area contributed by atoms with Crippen LogP contribution in [0.3, 0.4) is 0 Å². The number of nitrogens with one attached hydrogen (secondary N) is 1. The molecule has 29 heavy (non-hydrogen) atoms. The van der Waals surface area contributed by atoms with Crippen LogP contribution in [0.4, 0.5) is 17.1 Å². The zero-order chi connectivity index (χ0) is 20.5. The first kappa shape index (κ1) is 18.7. The normalized spacial score (nSPS) is 16.7. The van der Waals surface area contributed by atoms with E-state index in [0.717, 1.165) is 23.7 Å². The van der Waals surface area contributed by atoms with E-state index in [0.29, 0.717) is 11.3 Å². The Morgan fingerprint density at radius 1 is 0.931 bits per heavy atom.